The molecule has 0 spiro atoms. The Labute approximate surface area is 215 Å². The summed E-state index contributed by atoms with van der Waals surface area (Å²) < 4.78 is 11.7. The average molecular weight is 458 g/mol. The molecule has 0 amide bonds. The van der Waals surface area contributed by atoms with E-state index in [4.69, 9.17) is 15.2 Å². The number of ketones is 1. The zero-order chi connectivity index (χ0) is 22.6. The SMILES string of the molecule is CCCCCc1ccc(C=CC(=O)c2cc3c(cc2C)OCC(N)(c2nnn[nH]2)O3)cc1.[NaH]. The Kier molecular flexibility index (Phi) is 8.42. The van der Waals surface area contributed by atoms with E-state index in [1.807, 2.05) is 25.1 Å². The molecule has 0 fully saturated rings. The third kappa shape index (κ3) is 5.89. The first-order chi connectivity index (χ1) is 15.5. The van der Waals surface area contributed by atoms with Crippen molar-refractivity contribution < 1.29 is 14.3 Å². The molecule has 0 saturated heterocycles. The minimum absolute atomic E-state index is 0. The van der Waals surface area contributed by atoms with Gasteiger partial charge in [0.1, 0.15) is 6.61 Å². The van der Waals surface area contributed by atoms with Crippen molar-refractivity contribution in [3.05, 3.63) is 70.6 Å². The molecule has 0 aliphatic carbocycles. The van der Waals surface area contributed by atoms with E-state index >= 15 is 0 Å². The second-order valence-corrected chi connectivity index (χ2v) is 8.04. The van der Waals surface area contributed by atoms with Crippen molar-refractivity contribution in [2.24, 2.45) is 5.73 Å². The number of aromatic amines is 1. The van der Waals surface area contributed by atoms with Crippen LogP contribution in [0, 0.1) is 6.92 Å². The van der Waals surface area contributed by atoms with Crippen LogP contribution in [0.5, 0.6) is 11.5 Å². The molecule has 168 valence electrons. The Morgan fingerprint density at radius 1 is 1.21 bits per heavy atom. The number of unbranched alkanes of at least 4 members (excludes halogenated alkanes) is 2. The van der Waals surface area contributed by atoms with Gasteiger partial charge in [0.25, 0.3) is 5.72 Å². The molecule has 4 rings (SSSR count). The topological polar surface area (TPSA) is 116 Å². The summed E-state index contributed by atoms with van der Waals surface area (Å²) in [5.74, 6) is 1.01. The van der Waals surface area contributed by atoms with Crippen LogP contribution in [-0.2, 0) is 12.1 Å². The van der Waals surface area contributed by atoms with Gasteiger partial charge in [-0.05, 0) is 65.1 Å². The molecule has 1 aliphatic heterocycles. The van der Waals surface area contributed by atoms with Gasteiger partial charge in [0.15, 0.2) is 17.3 Å². The molecule has 1 unspecified atom stereocenters. The monoisotopic (exact) mass is 457 g/mol. The Morgan fingerprint density at radius 2 is 2.00 bits per heavy atom. The predicted octanol–water partition coefficient (Wildman–Crippen LogP) is 3.07. The number of nitrogens with one attached hydrogen (secondary N) is 1. The number of nitrogens with zero attached hydrogens (tertiary/aromatic N) is 3. The van der Waals surface area contributed by atoms with Gasteiger partial charge in [-0.2, -0.15) is 0 Å². The molecule has 33 heavy (non-hydrogen) atoms. The molecule has 3 N–H and O–H groups in total. The normalized spacial score (nSPS) is 17.1. The summed E-state index contributed by atoms with van der Waals surface area (Å²) >= 11 is 0. The fraction of sp³-hybridized carbons (Fsp3) is 0.333. The summed E-state index contributed by atoms with van der Waals surface area (Å²) in [7, 11) is 0. The number of hydrogen-bond donors (Lipinski definition) is 2. The van der Waals surface area contributed by atoms with Crippen molar-refractivity contribution in [3.63, 3.8) is 0 Å². The third-order valence-corrected chi connectivity index (χ3v) is 5.51. The zero-order valence-electron chi connectivity index (χ0n) is 18.3. The van der Waals surface area contributed by atoms with Crippen LogP contribution in [0.1, 0.15) is 59.1 Å². The number of carbonyl (C=O) groups excluding carboxylic acids is 1. The number of aromatic nitrogens is 4. The molecule has 1 aromatic heterocycles. The molecule has 0 bridgehead atoms. The third-order valence-electron chi connectivity index (χ3n) is 5.51. The van der Waals surface area contributed by atoms with Crippen molar-refractivity contribution in [1.29, 1.82) is 0 Å². The number of fused-ring (bicyclic) bond motifs is 1. The van der Waals surface area contributed by atoms with Gasteiger partial charge in [-0.15, -0.1) is 5.10 Å². The summed E-state index contributed by atoms with van der Waals surface area (Å²) in [6, 6.07) is 11.7. The van der Waals surface area contributed by atoms with E-state index in [1.165, 1.54) is 24.8 Å². The number of ether oxygens (including phenoxy) is 2. The molecular formula is C24H28N5NaO3. The summed E-state index contributed by atoms with van der Waals surface area (Å²) in [4.78, 5) is 12.9. The van der Waals surface area contributed by atoms with Crippen molar-refractivity contribution >= 4 is 41.4 Å². The quantitative estimate of drug-likeness (QED) is 0.231. The number of carbonyl (C=O) groups is 1. The van der Waals surface area contributed by atoms with Gasteiger partial charge < -0.3 is 9.47 Å². The predicted molar refractivity (Wildman–Crippen MR) is 128 cm³/mol. The van der Waals surface area contributed by atoms with Crippen LogP contribution < -0.4 is 15.2 Å². The summed E-state index contributed by atoms with van der Waals surface area (Å²) in [6.45, 7) is 4.10. The van der Waals surface area contributed by atoms with Crippen LogP contribution >= 0.6 is 0 Å². The number of hydrogen-bond acceptors (Lipinski definition) is 7. The Bertz CT molecular complexity index is 1120. The Hall–Kier alpha value is -2.52. The van der Waals surface area contributed by atoms with Crippen LogP contribution in [-0.4, -0.2) is 62.6 Å². The number of H-pyrrole nitrogens is 1. The van der Waals surface area contributed by atoms with E-state index in [9.17, 15) is 4.79 Å². The van der Waals surface area contributed by atoms with Crippen molar-refractivity contribution in [3.8, 4) is 11.5 Å². The van der Waals surface area contributed by atoms with E-state index in [-0.39, 0.29) is 47.8 Å². The summed E-state index contributed by atoms with van der Waals surface area (Å²) in [5, 5.41) is 13.5. The molecule has 2 aromatic carbocycles. The second-order valence-electron chi connectivity index (χ2n) is 8.04. The fourth-order valence-corrected chi connectivity index (χ4v) is 3.62. The van der Waals surface area contributed by atoms with Crippen LogP contribution in [0.2, 0.25) is 0 Å². The average Bonchev–Trinajstić information content (AvgIpc) is 3.34. The Balaban J connectivity index is 0.00000306. The van der Waals surface area contributed by atoms with Crippen LogP contribution in [0.25, 0.3) is 6.08 Å². The van der Waals surface area contributed by atoms with Crippen molar-refractivity contribution in [2.75, 3.05) is 6.61 Å². The molecule has 8 nitrogen and oxygen atoms in total. The molecule has 1 atom stereocenters. The van der Waals surface area contributed by atoms with Crippen LogP contribution in [0.4, 0.5) is 0 Å². The maximum atomic E-state index is 12.9. The van der Waals surface area contributed by atoms with E-state index in [2.05, 4.69) is 39.7 Å². The molecule has 0 saturated carbocycles. The molecule has 0 radical (unpaired) electrons. The minimum atomic E-state index is -1.36. The van der Waals surface area contributed by atoms with Gasteiger partial charge >= 0.3 is 29.6 Å². The first kappa shape index (κ1) is 25.1. The van der Waals surface area contributed by atoms with E-state index in [1.54, 1.807) is 18.2 Å². The summed E-state index contributed by atoms with van der Waals surface area (Å²) in [5.41, 5.74) is 8.51. The zero-order valence-corrected chi connectivity index (χ0v) is 18.3. The molecule has 2 heterocycles. The number of allylic oxidation sites excluding steroid dienone is 1. The number of tetrazole rings is 1. The van der Waals surface area contributed by atoms with Gasteiger partial charge in [0.05, 0.1) is 0 Å². The van der Waals surface area contributed by atoms with Crippen LogP contribution in [0.15, 0.2) is 42.5 Å². The van der Waals surface area contributed by atoms with E-state index < -0.39 is 5.72 Å². The molecule has 1 aliphatic rings. The van der Waals surface area contributed by atoms with Gasteiger partial charge in [-0.3, -0.25) is 10.5 Å². The Morgan fingerprint density at radius 3 is 2.70 bits per heavy atom. The maximum absolute atomic E-state index is 12.9. The van der Waals surface area contributed by atoms with Gasteiger partial charge in [0, 0.05) is 5.56 Å². The number of benzene rings is 2. The van der Waals surface area contributed by atoms with Gasteiger partial charge in [-0.25, -0.2) is 5.10 Å². The fourth-order valence-electron chi connectivity index (χ4n) is 3.62. The molecular weight excluding hydrogens is 429 g/mol. The molecule has 3 aromatic rings. The van der Waals surface area contributed by atoms with Crippen molar-refractivity contribution in [2.45, 2.75) is 45.3 Å². The van der Waals surface area contributed by atoms with Gasteiger partial charge in [0.2, 0.25) is 5.82 Å². The first-order valence-corrected chi connectivity index (χ1v) is 10.8. The van der Waals surface area contributed by atoms with Crippen molar-refractivity contribution in [1.82, 2.24) is 20.6 Å². The standard InChI is InChI=1S/C24H27N5O3.Na.H/c1-3-4-5-6-17-7-9-18(10-8-17)11-12-20(30)19-14-22-21(13-16(19)2)31-15-24(25,32-22)23-26-28-29-27-23;;/h7-14H,3-6,15,25H2,1-2H3,(H,26,27,28,29);;. The van der Waals surface area contributed by atoms with Gasteiger partial charge in [-0.1, -0.05) is 50.1 Å². The number of nitrogens with two attached hydrogens (primary N) is 1. The molecule has 9 heteroatoms. The number of rotatable bonds is 8. The summed E-state index contributed by atoms with van der Waals surface area (Å²) in [6.07, 6.45) is 8.13. The van der Waals surface area contributed by atoms with E-state index in [0.29, 0.717) is 17.1 Å². The second kappa shape index (κ2) is 11.1. The van der Waals surface area contributed by atoms with Crippen LogP contribution in [0.3, 0.4) is 0 Å². The first-order valence-electron chi connectivity index (χ1n) is 10.8. The van der Waals surface area contributed by atoms with E-state index in [0.717, 1.165) is 17.5 Å². The number of aryl methyl sites for hydroxylation is 2.